The molecule has 1 amide bonds. The van der Waals surface area contributed by atoms with Crippen LogP contribution in [0.4, 0.5) is 5.69 Å². The standard InChI is InChI=1S/C23H22ClNO4/c1-3-28-22-13-4-16(23(26)25-19-7-5-18(24)6-8-19)14-17(22)15-29-21-11-9-20(27-2)10-12-21/h4-14H,3,15H2,1-2H3,(H,25,26). The van der Waals surface area contributed by atoms with E-state index >= 15 is 0 Å². The van der Waals surface area contributed by atoms with Crippen molar-refractivity contribution < 1.29 is 19.0 Å². The maximum atomic E-state index is 12.6. The van der Waals surface area contributed by atoms with Gasteiger partial charge in [-0.3, -0.25) is 4.79 Å². The summed E-state index contributed by atoms with van der Waals surface area (Å²) in [6, 6.07) is 19.6. The van der Waals surface area contributed by atoms with Gasteiger partial charge in [0, 0.05) is 21.8 Å². The fourth-order valence-corrected chi connectivity index (χ4v) is 2.83. The summed E-state index contributed by atoms with van der Waals surface area (Å²) in [5.41, 5.74) is 1.97. The Bertz CT molecular complexity index is 956. The van der Waals surface area contributed by atoms with Gasteiger partial charge in [-0.15, -0.1) is 0 Å². The number of hydrogen-bond acceptors (Lipinski definition) is 4. The van der Waals surface area contributed by atoms with Crippen LogP contribution in [-0.2, 0) is 6.61 Å². The fourth-order valence-electron chi connectivity index (χ4n) is 2.70. The number of anilines is 1. The number of hydrogen-bond donors (Lipinski definition) is 1. The summed E-state index contributed by atoms with van der Waals surface area (Å²) in [6.45, 7) is 2.70. The summed E-state index contributed by atoms with van der Waals surface area (Å²) in [6.07, 6.45) is 0. The Kier molecular flexibility index (Phi) is 6.98. The van der Waals surface area contributed by atoms with Crippen LogP contribution in [0, 0.1) is 0 Å². The van der Waals surface area contributed by atoms with Gasteiger partial charge in [-0.25, -0.2) is 0 Å². The summed E-state index contributed by atoms with van der Waals surface area (Å²) >= 11 is 5.89. The largest absolute Gasteiger partial charge is 0.497 e. The highest BCUT2D eigenvalue weighted by Crippen LogP contribution is 2.24. The van der Waals surface area contributed by atoms with Crippen LogP contribution in [0.5, 0.6) is 17.2 Å². The number of rotatable bonds is 8. The molecule has 150 valence electrons. The summed E-state index contributed by atoms with van der Waals surface area (Å²) in [5, 5.41) is 3.47. The molecule has 5 nitrogen and oxygen atoms in total. The van der Waals surface area contributed by atoms with Crippen LogP contribution in [0.15, 0.2) is 66.7 Å². The van der Waals surface area contributed by atoms with Crippen LogP contribution in [0.25, 0.3) is 0 Å². The Morgan fingerprint density at radius 3 is 2.28 bits per heavy atom. The summed E-state index contributed by atoms with van der Waals surface area (Å²) in [7, 11) is 1.62. The highest BCUT2D eigenvalue weighted by Gasteiger charge is 2.12. The molecule has 0 fully saturated rings. The maximum Gasteiger partial charge on any atom is 0.255 e. The maximum absolute atomic E-state index is 12.6. The molecule has 6 heteroatoms. The highest BCUT2D eigenvalue weighted by atomic mass is 35.5. The average Bonchev–Trinajstić information content (AvgIpc) is 2.75. The lowest BCUT2D eigenvalue weighted by Gasteiger charge is -2.14. The van der Waals surface area contributed by atoms with Crippen molar-refractivity contribution >= 4 is 23.2 Å². The molecule has 0 spiro atoms. The van der Waals surface area contributed by atoms with E-state index in [0.29, 0.717) is 34.4 Å². The molecule has 29 heavy (non-hydrogen) atoms. The first-order valence-electron chi connectivity index (χ1n) is 9.18. The lowest BCUT2D eigenvalue weighted by molar-refractivity contribution is 0.102. The van der Waals surface area contributed by atoms with Crippen LogP contribution in [0.2, 0.25) is 5.02 Å². The van der Waals surface area contributed by atoms with Crippen molar-refractivity contribution in [2.45, 2.75) is 13.5 Å². The summed E-state index contributed by atoms with van der Waals surface area (Å²) < 4.78 is 16.7. The predicted molar refractivity (Wildman–Crippen MR) is 114 cm³/mol. The van der Waals surface area contributed by atoms with Gasteiger partial charge in [0.05, 0.1) is 13.7 Å². The molecule has 0 heterocycles. The summed E-state index contributed by atoms with van der Waals surface area (Å²) in [5.74, 6) is 1.92. The van der Waals surface area contributed by atoms with Gasteiger partial charge < -0.3 is 19.5 Å². The summed E-state index contributed by atoms with van der Waals surface area (Å²) in [4.78, 5) is 12.6. The van der Waals surface area contributed by atoms with E-state index < -0.39 is 0 Å². The molecule has 3 aromatic carbocycles. The van der Waals surface area contributed by atoms with Crippen LogP contribution < -0.4 is 19.5 Å². The lowest BCUT2D eigenvalue weighted by atomic mass is 10.1. The van der Waals surface area contributed by atoms with E-state index in [9.17, 15) is 4.79 Å². The molecule has 0 radical (unpaired) electrons. The van der Waals surface area contributed by atoms with Crippen molar-refractivity contribution in [3.63, 3.8) is 0 Å². The van der Waals surface area contributed by atoms with Crippen LogP contribution in [-0.4, -0.2) is 19.6 Å². The quantitative estimate of drug-likeness (QED) is 0.525. The van der Waals surface area contributed by atoms with Crippen molar-refractivity contribution in [2.24, 2.45) is 0 Å². The Hall–Kier alpha value is -3.18. The van der Waals surface area contributed by atoms with Crippen molar-refractivity contribution in [3.05, 3.63) is 82.9 Å². The van der Waals surface area contributed by atoms with Gasteiger partial charge in [-0.1, -0.05) is 11.6 Å². The minimum Gasteiger partial charge on any atom is -0.497 e. The topological polar surface area (TPSA) is 56.8 Å². The van der Waals surface area contributed by atoms with Crippen LogP contribution >= 0.6 is 11.6 Å². The third kappa shape index (κ3) is 5.65. The van der Waals surface area contributed by atoms with Crippen molar-refractivity contribution in [1.82, 2.24) is 0 Å². The zero-order valence-corrected chi connectivity index (χ0v) is 17.0. The van der Waals surface area contributed by atoms with Gasteiger partial charge in [-0.2, -0.15) is 0 Å². The van der Waals surface area contributed by atoms with E-state index in [4.69, 9.17) is 25.8 Å². The van der Waals surface area contributed by atoms with Gasteiger partial charge in [0.2, 0.25) is 0 Å². The highest BCUT2D eigenvalue weighted by molar-refractivity contribution is 6.30. The molecular weight excluding hydrogens is 390 g/mol. The van der Waals surface area contributed by atoms with E-state index in [1.165, 1.54) is 0 Å². The number of ether oxygens (including phenoxy) is 3. The van der Waals surface area contributed by atoms with E-state index in [-0.39, 0.29) is 12.5 Å². The molecule has 1 N–H and O–H groups in total. The van der Waals surface area contributed by atoms with E-state index in [0.717, 1.165) is 11.3 Å². The molecule has 3 aromatic rings. The normalized spacial score (nSPS) is 10.3. The first-order chi connectivity index (χ1) is 14.1. The second-order valence-electron chi connectivity index (χ2n) is 6.18. The van der Waals surface area contributed by atoms with Crippen LogP contribution in [0.1, 0.15) is 22.8 Å². The molecule has 0 atom stereocenters. The van der Waals surface area contributed by atoms with Gasteiger partial charge in [0.1, 0.15) is 23.9 Å². The Morgan fingerprint density at radius 1 is 0.931 bits per heavy atom. The van der Waals surface area contributed by atoms with Crippen molar-refractivity contribution in [1.29, 1.82) is 0 Å². The van der Waals surface area contributed by atoms with Gasteiger partial charge in [0.15, 0.2) is 0 Å². The molecule has 0 aliphatic rings. The first-order valence-corrected chi connectivity index (χ1v) is 9.56. The molecule has 0 aliphatic carbocycles. The van der Waals surface area contributed by atoms with E-state index in [2.05, 4.69) is 5.32 Å². The Balaban J connectivity index is 1.75. The third-order valence-corrected chi connectivity index (χ3v) is 4.43. The fraction of sp³-hybridized carbons (Fsp3) is 0.174. The Morgan fingerprint density at radius 2 is 1.62 bits per heavy atom. The van der Waals surface area contributed by atoms with Gasteiger partial charge in [-0.05, 0) is 73.7 Å². The van der Waals surface area contributed by atoms with Crippen molar-refractivity contribution in [2.75, 3.05) is 19.0 Å². The zero-order valence-electron chi connectivity index (χ0n) is 16.3. The molecule has 0 saturated carbocycles. The second kappa shape index (κ2) is 9.85. The SMILES string of the molecule is CCOc1ccc(C(=O)Nc2ccc(Cl)cc2)cc1COc1ccc(OC)cc1. The minimum atomic E-state index is -0.221. The smallest absolute Gasteiger partial charge is 0.255 e. The molecule has 0 bridgehead atoms. The number of benzene rings is 3. The Labute approximate surface area is 175 Å². The molecule has 0 saturated heterocycles. The lowest BCUT2D eigenvalue weighted by Crippen LogP contribution is -2.13. The molecule has 0 aromatic heterocycles. The molecule has 0 aliphatic heterocycles. The second-order valence-corrected chi connectivity index (χ2v) is 6.62. The third-order valence-electron chi connectivity index (χ3n) is 4.18. The number of halogens is 1. The van der Waals surface area contributed by atoms with E-state index in [1.807, 2.05) is 31.2 Å². The number of carbonyl (C=O) groups is 1. The zero-order chi connectivity index (χ0) is 20.6. The molecule has 3 rings (SSSR count). The number of amides is 1. The number of methoxy groups -OCH3 is 1. The van der Waals surface area contributed by atoms with E-state index in [1.54, 1.807) is 49.6 Å². The first kappa shape index (κ1) is 20.6. The average molecular weight is 412 g/mol. The van der Waals surface area contributed by atoms with Crippen molar-refractivity contribution in [3.8, 4) is 17.2 Å². The minimum absolute atomic E-state index is 0.221. The predicted octanol–water partition coefficient (Wildman–Crippen LogP) is 5.58. The number of carbonyl (C=O) groups excluding carboxylic acids is 1. The number of nitrogens with one attached hydrogen (secondary N) is 1. The van der Waals surface area contributed by atoms with Gasteiger partial charge >= 0.3 is 0 Å². The molecule has 0 unspecified atom stereocenters. The molecular formula is C23H22ClNO4. The van der Waals surface area contributed by atoms with Gasteiger partial charge in [0.25, 0.3) is 5.91 Å². The van der Waals surface area contributed by atoms with Crippen LogP contribution in [0.3, 0.4) is 0 Å². The monoisotopic (exact) mass is 411 g/mol.